The third-order valence-corrected chi connectivity index (χ3v) is 2.12. The Balaban J connectivity index is -0.000000196. The average Bonchev–Trinajstić information content (AvgIpc) is 2.67. The zero-order chi connectivity index (χ0) is 10.6. The van der Waals surface area contributed by atoms with Crippen LogP contribution in [0.3, 0.4) is 0 Å². The van der Waals surface area contributed by atoms with Gasteiger partial charge >= 0.3 is 19.5 Å². The Bertz CT molecular complexity index is 329. The predicted molar refractivity (Wildman–Crippen MR) is 55.9 cm³/mol. The zero-order valence-electron chi connectivity index (χ0n) is 10.6. The Hall–Kier alpha value is -0.377. The normalized spacial score (nSPS) is 7.76. The first kappa shape index (κ1) is 21.9. The van der Waals surface area contributed by atoms with Crippen molar-refractivity contribution in [2.24, 2.45) is 14.1 Å². The molecule has 2 aromatic heterocycles. The van der Waals surface area contributed by atoms with Gasteiger partial charge in [0.1, 0.15) is 11.6 Å². The molecule has 7 heteroatoms. The van der Waals surface area contributed by atoms with Gasteiger partial charge in [-0.25, -0.2) is 9.97 Å². The molecular formula is C10H16Cl2N4Zn. The van der Waals surface area contributed by atoms with Gasteiger partial charge in [-0.05, 0) is 13.8 Å². The summed E-state index contributed by atoms with van der Waals surface area (Å²) in [6.07, 6.45) is 7.43. The smallest absolute Gasteiger partial charge is 1.00 e. The van der Waals surface area contributed by atoms with Crippen LogP contribution < -0.4 is 24.8 Å². The van der Waals surface area contributed by atoms with Crippen LogP contribution in [0.5, 0.6) is 0 Å². The largest absolute Gasteiger partial charge is 2.00 e. The first-order valence-corrected chi connectivity index (χ1v) is 4.49. The maximum atomic E-state index is 3.98. The number of aryl methyl sites for hydroxylation is 4. The zero-order valence-corrected chi connectivity index (χ0v) is 15.0. The van der Waals surface area contributed by atoms with Gasteiger partial charge in [-0.2, -0.15) is 0 Å². The van der Waals surface area contributed by atoms with Crippen molar-refractivity contribution in [2.75, 3.05) is 0 Å². The minimum Gasteiger partial charge on any atom is -1.00 e. The molecule has 0 aliphatic carbocycles. The quantitative estimate of drug-likeness (QED) is 0.457. The summed E-state index contributed by atoms with van der Waals surface area (Å²) in [4.78, 5) is 7.96. The fraction of sp³-hybridized carbons (Fsp3) is 0.400. The van der Waals surface area contributed by atoms with Crippen molar-refractivity contribution in [1.82, 2.24) is 19.1 Å². The van der Waals surface area contributed by atoms with E-state index in [-0.39, 0.29) is 44.3 Å². The Morgan fingerprint density at radius 2 is 1.12 bits per heavy atom. The third kappa shape index (κ3) is 7.53. The van der Waals surface area contributed by atoms with Crippen molar-refractivity contribution >= 4 is 0 Å². The second-order valence-electron chi connectivity index (χ2n) is 3.17. The van der Waals surface area contributed by atoms with Gasteiger partial charge in [-0.3, -0.25) is 0 Å². The van der Waals surface area contributed by atoms with E-state index in [1.165, 1.54) is 0 Å². The van der Waals surface area contributed by atoms with Crippen molar-refractivity contribution in [3.8, 4) is 0 Å². The van der Waals surface area contributed by atoms with E-state index in [4.69, 9.17) is 0 Å². The number of aromatic nitrogens is 4. The molecule has 0 radical (unpaired) electrons. The molecule has 0 aliphatic rings. The first-order valence-electron chi connectivity index (χ1n) is 4.49. The number of imidazole rings is 2. The van der Waals surface area contributed by atoms with Gasteiger partial charge < -0.3 is 33.9 Å². The maximum absolute atomic E-state index is 3.98. The molecule has 0 aromatic carbocycles. The Labute approximate surface area is 127 Å². The molecule has 0 saturated heterocycles. The molecule has 2 aromatic rings. The van der Waals surface area contributed by atoms with Gasteiger partial charge in [0.2, 0.25) is 0 Å². The topological polar surface area (TPSA) is 35.6 Å². The van der Waals surface area contributed by atoms with Gasteiger partial charge in [0, 0.05) is 38.9 Å². The summed E-state index contributed by atoms with van der Waals surface area (Å²) < 4.78 is 3.94. The molecule has 2 heterocycles. The molecule has 0 amide bonds. The van der Waals surface area contributed by atoms with Gasteiger partial charge in [0.05, 0.1) is 0 Å². The predicted octanol–water partition coefficient (Wildman–Crippen LogP) is -4.54. The van der Waals surface area contributed by atoms with Crippen LogP contribution in [0.2, 0.25) is 0 Å². The van der Waals surface area contributed by atoms with Crippen LogP contribution in [0.25, 0.3) is 0 Å². The molecule has 0 saturated carbocycles. The van der Waals surface area contributed by atoms with Crippen LogP contribution in [-0.4, -0.2) is 19.1 Å². The monoisotopic (exact) mass is 326 g/mol. The number of nitrogens with zero attached hydrogens (tertiary/aromatic N) is 4. The average molecular weight is 329 g/mol. The third-order valence-electron chi connectivity index (χ3n) is 2.12. The summed E-state index contributed by atoms with van der Waals surface area (Å²) in [5.41, 5.74) is 0. The van der Waals surface area contributed by atoms with Gasteiger partial charge in [0.15, 0.2) is 0 Å². The van der Waals surface area contributed by atoms with Crippen LogP contribution in [-0.2, 0) is 33.6 Å². The van der Waals surface area contributed by atoms with Crippen molar-refractivity contribution in [3.63, 3.8) is 0 Å². The van der Waals surface area contributed by atoms with Crippen LogP contribution in [0, 0.1) is 13.8 Å². The summed E-state index contributed by atoms with van der Waals surface area (Å²) in [7, 11) is 3.95. The second kappa shape index (κ2) is 10.8. The number of hydrogen-bond acceptors (Lipinski definition) is 2. The van der Waals surface area contributed by atoms with Gasteiger partial charge in [0.25, 0.3) is 0 Å². The second-order valence-corrected chi connectivity index (χ2v) is 3.17. The first-order chi connectivity index (χ1) is 6.61. The molecule has 0 atom stereocenters. The Morgan fingerprint density at radius 3 is 1.18 bits per heavy atom. The Kier molecular flexibility index (Phi) is 13.8. The molecule has 0 unspecified atom stereocenters. The van der Waals surface area contributed by atoms with E-state index in [1.807, 2.05) is 49.5 Å². The van der Waals surface area contributed by atoms with Gasteiger partial charge in [-0.1, -0.05) is 0 Å². The van der Waals surface area contributed by atoms with E-state index in [0.717, 1.165) is 11.6 Å². The van der Waals surface area contributed by atoms with Crippen molar-refractivity contribution in [1.29, 1.82) is 0 Å². The molecular weight excluding hydrogens is 312 g/mol. The number of rotatable bonds is 0. The summed E-state index contributed by atoms with van der Waals surface area (Å²) in [6, 6.07) is 0. The molecule has 0 fully saturated rings. The van der Waals surface area contributed by atoms with Crippen molar-refractivity contribution in [2.45, 2.75) is 13.8 Å². The van der Waals surface area contributed by atoms with E-state index in [1.54, 1.807) is 12.4 Å². The van der Waals surface area contributed by atoms with E-state index in [9.17, 15) is 0 Å². The summed E-state index contributed by atoms with van der Waals surface area (Å²) in [5, 5.41) is 0. The summed E-state index contributed by atoms with van der Waals surface area (Å²) in [5.74, 6) is 2.11. The van der Waals surface area contributed by atoms with E-state index < -0.39 is 0 Å². The molecule has 2 rings (SSSR count). The molecule has 0 spiro atoms. The molecule has 0 bridgehead atoms. The maximum Gasteiger partial charge on any atom is 2.00 e. The van der Waals surface area contributed by atoms with Crippen molar-refractivity contribution < 1.29 is 44.3 Å². The summed E-state index contributed by atoms with van der Waals surface area (Å²) >= 11 is 0. The summed E-state index contributed by atoms with van der Waals surface area (Å²) in [6.45, 7) is 3.94. The molecule has 0 aliphatic heterocycles. The van der Waals surface area contributed by atoms with Crippen molar-refractivity contribution in [3.05, 3.63) is 36.4 Å². The van der Waals surface area contributed by atoms with Crippen LogP contribution in [0.4, 0.5) is 0 Å². The van der Waals surface area contributed by atoms with Crippen LogP contribution in [0.15, 0.2) is 24.8 Å². The molecule has 4 nitrogen and oxygen atoms in total. The Morgan fingerprint density at radius 1 is 0.824 bits per heavy atom. The molecule has 92 valence electrons. The van der Waals surface area contributed by atoms with Gasteiger partial charge in [-0.15, -0.1) is 0 Å². The van der Waals surface area contributed by atoms with E-state index in [2.05, 4.69) is 9.97 Å². The van der Waals surface area contributed by atoms with Crippen LogP contribution >= 0.6 is 0 Å². The fourth-order valence-corrected chi connectivity index (χ4v) is 0.880. The van der Waals surface area contributed by atoms with Crippen LogP contribution in [0.1, 0.15) is 11.6 Å². The number of hydrogen-bond donors (Lipinski definition) is 0. The van der Waals surface area contributed by atoms with E-state index >= 15 is 0 Å². The fourth-order valence-electron chi connectivity index (χ4n) is 0.880. The van der Waals surface area contributed by atoms with E-state index in [0.29, 0.717) is 0 Å². The molecule has 17 heavy (non-hydrogen) atoms. The minimum atomic E-state index is 0. The number of halogens is 2. The minimum absolute atomic E-state index is 0. The standard InChI is InChI=1S/2C5H8N2.2ClH.Zn/c2*1-5-6-3-4-7(5)2;;;/h2*3-4H,1-2H3;2*1H;/q;;;;+2/p-2. The SMILES string of the molecule is Cc1nccn1C.Cc1nccn1C.[Cl-].[Cl-].[Zn+2]. The molecule has 0 N–H and O–H groups in total.